The van der Waals surface area contributed by atoms with Gasteiger partial charge in [0.1, 0.15) is 12.8 Å². The maximum atomic E-state index is 13.8. The van der Waals surface area contributed by atoms with Gasteiger partial charge in [-0.05, 0) is 76.5 Å². The highest BCUT2D eigenvalue weighted by atomic mass is 35.5. The second-order valence-corrected chi connectivity index (χ2v) is 12.0. The summed E-state index contributed by atoms with van der Waals surface area (Å²) in [6.45, 7) is 0.132. The van der Waals surface area contributed by atoms with Crippen LogP contribution >= 0.6 is 11.6 Å². The van der Waals surface area contributed by atoms with E-state index in [1.807, 2.05) is 0 Å². The molecule has 4 atom stereocenters. The number of aliphatic hydroxyl groups is 1. The van der Waals surface area contributed by atoms with Crippen molar-refractivity contribution in [1.82, 2.24) is 10.6 Å². The lowest BCUT2D eigenvalue weighted by Gasteiger charge is -2.55. The molecule has 0 spiro atoms. The van der Waals surface area contributed by atoms with Gasteiger partial charge in [0, 0.05) is 18.5 Å². The number of halogens is 5. The lowest BCUT2D eigenvalue weighted by atomic mass is 9.55. The first-order chi connectivity index (χ1) is 16.9. The van der Waals surface area contributed by atoms with E-state index >= 15 is 0 Å². The summed E-state index contributed by atoms with van der Waals surface area (Å²) >= 11 is 5.89. The van der Waals surface area contributed by atoms with Crippen molar-refractivity contribution in [2.75, 3.05) is 13.2 Å². The average Bonchev–Trinajstić information content (AvgIpc) is 2.83. The van der Waals surface area contributed by atoms with Gasteiger partial charge in [-0.25, -0.2) is 4.39 Å². The van der Waals surface area contributed by atoms with Crippen molar-refractivity contribution in [3.63, 3.8) is 0 Å². The minimum atomic E-state index is -4.16. The molecule has 0 aromatic heterocycles. The molecule has 2 amide bonds. The number of hydrogen-bond acceptors (Lipinski definition) is 4. The summed E-state index contributed by atoms with van der Waals surface area (Å²) in [5, 5.41) is 16.3. The third-order valence-corrected chi connectivity index (χ3v) is 9.63. The molecule has 206 valence electrons. The summed E-state index contributed by atoms with van der Waals surface area (Å²) in [4.78, 5) is 25.7. The minimum absolute atomic E-state index is 0.0128. The van der Waals surface area contributed by atoms with Crippen molar-refractivity contribution in [3.05, 3.63) is 0 Å². The first kappa shape index (κ1) is 27.9. The summed E-state index contributed by atoms with van der Waals surface area (Å²) in [7, 11) is 0. The Balaban J connectivity index is 1.22. The molecule has 2 bridgehead atoms. The Labute approximate surface area is 214 Å². The molecule has 0 aromatic rings. The third kappa shape index (κ3) is 6.12. The fraction of sp³-hybridized carbons (Fsp3) is 0.920. The summed E-state index contributed by atoms with van der Waals surface area (Å²) in [6, 6.07) is 0. The quantitative estimate of drug-likeness (QED) is 0.334. The van der Waals surface area contributed by atoms with E-state index in [4.69, 9.17) is 16.3 Å². The topological polar surface area (TPSA) is 87.7 Å². The van der Waals surface area contributed by atoms with E-state index in [0.717, 1.165) is 0 Å². The molecule has 0 heterocycles. The smallest absolute Gasteiger partial charge is 0.391 e. The van der Waals surface area contributed by atoms with Gasteiger partial charge in [0.25, 0.3) is 0 Å². The molecule has 5 rings (SSSR count). The largest absolute Gasteiger partial charge is 0.392 e. The van der Waals surface area contributed by atoms with Gasteiger partial charge in [0.05, 0.1) is 28.9 Å². The normalized spacial score (nSPS) is 41.1. The number of aliphatic hydroxyl groups excluding tert-OH is 1. The van der Waals surface area contributed by atoms with Crippen molar-refractivity contribution < 1.29 is 37.0 Å². The maximum Gasteiger partial charge on any atom is 0.391 e. The zero-order valence-electron chi connectivity index (χ0n) is 20.4. The molecule has 0 aromatic carbocycles. The molecule has 0 saturated heterocycles. The summed E-state index contributed by atoms with van der Waals surface area (Å²) in [5.41, 5.74) is -1.53. The Hall–Kier alpha value is -1.13. The zero-order valence-corrected chi connectivity index (χ0v) is 21.2. The molecular formula is C25H37ClF4N2O4. The monoisotopic (exact) mass is 540 g/mol. The van der Waals surface area contributed by atoms with Gasteiger partial charge >= 0.3 is 6.18 Å². The molecule has 5 saturated carbocycles. The van der Waals surface area contributed by atoms with Gasteiger partial charge in [0.2, 0.25) is 11.8 Å². The highest BCUT2D eigenvalue weighted by Gasteiger charge is 2.58. The minimum Gasteiger partial charge on any atom is -0.392 e. The molecule has 5 aliphatic rings. The standard InChI is InChI=1S/C25H37ClF4N2O4/c26-18-6-5-17(11-19(18)27)36-14-21(34)32-23-7-9-24(10-8-23,20(33)12-23)22(35)31-13-15-1-3-16(4-2-15)25(28,29)30/h15-20,33H,1-14H2,(H,31,35)(H,32,34)/t15?,16?,17?,18?,19?,20-,23?,24?/m1/s1. The second kappa shape index (κ2) is 10.9. The molecular weight excluding hydrogens is 504 g/mol. The van der Waals surface area contributed by atoms with E-state index in [1.165, 1.54) is 0 Å². The van der Waals surface area contributed by atoms with Gasteiger partial charge in [-0.15, -0.1) is 11.6 Å². The number of hydrogen-bond donors (Lipinski definition) is 3. The Kier molecular flexibility index (Phi) is 8.47. The second-order valence-electron chi connectivity index (χ2n) is 11.5. The molecule has 5 fully saturated rings. The fourth-order valence-corrected chi connectivity index (χ4v) is 6.89. The predicted molar refractivity (Wildman–Crippen MR) is 125 cm³/mol. The van der Waals surface area contributed by atoms with Crippen LogP contribution in [0, 0.1) is 17.3 Å². The first-order valence-corrected chi connectivity index (χ1v) is 13.6. The Morgan fingerprint density at radius 2 is 1.69 bits per heavy atom. The van der Waals surface area contributed by atoms with Gasteiger partial charge in [-0.3, -0.25) is 9.59 Å². The van der Waals surface area contributed by atoms with E-state index in [9.17, 15) is 32.3 Å². The number of nitrogens with one attached hydrogen (secondary N) is 2. The molecule has 6 nitrogen and oxygen atoms in total. The molecule has 36 heavy (non-hydrogen) atoms. The number of amides is 2. The number of ether oxygens (including phenoxy) is 1. The maximum absolute atomic E-state index is 13.8. The molecule has 11 heteroatoms. The lowest BCUT2D eigenvalue weighted by molar-refractivity contribution is -0.184. The fourth-order valence-electron chi connectivity index (χ4n) is 6.66. The molecule has 0 radical (unpaired) electrons. The molecule has 5 aliphatic carbocycles. The van der Waals surface area contributed by atoms with Crippen molar-refractivity contribution in [3.8, 4) is 0 Å². The summed E-state index contributed by atoms with van der Waals surface area (Å²) in [6.07, 6.45) is -2.06. The van der Waals surface area contributed by atoms with Crippen LogP contribution in [0.1, 0.15) is 77.0 Å². The number of rotatable bonds is 7. The van der Waals surface area contributed by atoms with E-state index in [2.05, 4.69) is 10.6 Å². The molecule has 3 unspecified atom stereocenters. The van der Waals surface area contributed by atoms with Crippen molar-refractivity contribution >= 4 is 23.4 Å². The highest BCUT2D eigenvalue weighted by molar-refractivity contribution is 6.21. The predicted octanol–water partition coefficient (Wildman–Crippen LogP) is 4.17. The van der Waals surface area contributed by atoms with Crippen LogP contribution in [-0.2, 0) is 14.3 Å². The first-order valence-electron chi connectivity index (χ1n) is 13.2. The number of fused-ring (bicyclic) bond motifs is 3. The van der Waals surface area contributed by atoms with Crippen molar-refractivity contribution in [2.45, 2.75) is 113 Å². The SMILES string of the molecule is O=C(COC1CCC(Cl)C(F)C1)NC12CCC(C(=O)NCC3CCC(C(F)(F)F)CC3)(CC1)[C@H](O)C2. The Morgan fingerprint density at radius 3 is 2.28 bits per heavy atom. The Morgan fingerprint density at radius 1 is 1.03 bits per heavy atom. The van der Waals surface area contributed by atoms with Crippen LogP contribution in [0.5, 0.6) is 0 Å². The van der Waals surface area contributed by atoms with Crippen LogP contribution in [0.15, 0.2) is 0 Å². The van der Waals surface area contributed by atoms with Crippen LogP contribution in [0.25, 0.3) is 0 Å². The van der Waals surface area contributed by atoms with Crippen molar-refractivity contribution in [2.24, 2.45) is 17.3 Å². The summed E-state index contributed by atoms with van der Waals surface area (Å²) in [5.74, 6) is -1.80. The van der Waals surface area contributed by atoms with Gasteiger partial charge in [-0.1, -0.05) is 0 Å². The third-order valence-electron chi connectivity index (χ3n) is 9.13. The summed E-state index contributed by atoms with van der Waals surface area (Å²) < 4.78 is 58.1. The van der Waals surface area contributed by atoms with Gasteiger partial charge in [-0.2, -0.15) is 13.2 Å². The van der Waals surface area contributed by atoms with Crippen LogP contribution in [-0.4, -0.2) is 65.5 Å². The van der Waals surface area contributed by atoms with Crippen LogP contribution < -0.4 is 10.6 Å². The Bertz CT molecular complexity index is 797. The molecule has 0 aliphatic heterocycles. The zero-order chi connectivity index (χ0) is 26.1. The van der Waals surface area contributed by atoms with Gasteiger partial charge in [0.15, 0.2) is 0 Å². The number of carbonyl (C=O) groups is 2. The molecule has 3 N–H and O–H groups in total. The van der Waals surface area contributed by atoms with E-state index < -0.39 is 40.7 Å². The number of carbonyl (C=O) groups excluding carboxylic acids is 2. The van der Waals surface area contributed by atoms with Crippen LogP contribution in [0.3, 0.4) is 0 Å². The van der Waals surface area contributed by atoms with Gasteiger partial charge < -0.3 is 20.5 Å². The van der Waals surface area contributed by atoms with E-state index in [0.29, 0.717) is 57.9 Å². The van der Waals surface area contributed by atoms with E-state index in [1.54, 1.807) is 0 Å². The highest BCUT2D eigenvalue weighted by Crippen LogP contribution is 2.52. The lowest BCUT2D eigenvalue weighted by Crippen LogP contribution is -2.65. The average molecular weight is 541 g/mol. The van der Waals surface area contributed by atoms with E-state index in [-0.39, 0.29) is 56.1 Å². The van der Waals surface area contributed by atoms with Crippen LogP contribution in [0.4, 0.5) is 17.6 Å². The van der Waals surface area contributed by atoms with Crippen molar-refractivity contribution in [1.29, 1.82) is 0 Å². The van der Waals surface area contributed by atoms with Crippen LogP contribution in [0.2, 0.25) is 0 Å². The number of alkyl halides is 5.